The van der Waals surface area contributed by atoms with Crippen LogP contribution in [0, 0.1) is 0 Å². The van der Waals surface area contributed by atoms with E-state index < -0.39 is 17.9 Å². The molecular formula is C13H11Cl2NO6. The molecule has 118 valence electrons. The molecule has 0 heterocycles. The second-order valence-corrected chi connectivity index (χ2v) is 4.61. The van der Waals surface area contributed by atoms with E-state index in [1.54, 1.807) is 0 Å². The van der Waals surface area contributed by atoms with E-state index in [1.165, 1.54) is 0 Å². The van der Waals surface area contributed by atoms with Crippen molar-refractivity contribution in [3.63, 3.8) is 0 Å². The molecule has 7 nitrogen and oxygen atoms in total. The van der Waals surface area contributed by atoms with Crippen LogP contribution in [0.1, 0.15) is 10.4 Å². The summed E-state index contributed by atoms with van der Waals surface area (Å²) in [6.07, 6.45) is 0.837. The van der Waals surface area contributed by atoms with Crippen molar-refractivity contribution in [3.8, 4) is 0 Å². The molecule has 1 aromatic rings. The normalized spacial score (nSPS) is 10.8. The number of methoxy groups -OCH3 is 2. The SMILES string of the molecule is COC(=O)/C=C(/Nc1cc(C(=O)O)cc(Cl)c1Cl)C(=O)OC. The van der Waals surface area contributed by atoms with Crippen LogP contribution < -0.4 is 5.32 Å². The minimum absolute atomic E-state index is 0.0205. The van der Waals surface area contributed by atoms with Crippen molar-refractivity contribution in [1.29, 1.82) is 0 Å². The summed E-state index contributed by atoms with van der Waals surface area (Å²) in [5.74, 6) is -2.93. The Morgan fingerprint density at radius 1 is 1.18 bits per heavy atom. The molecule has 1 rings (SSSR count). The number of carboxylic acids is 1. The third kappa shape index (κ3) is 4.37. The molecule has 0 aliphatic carbocycles. The molecule has 0 saturated heterocycles. The topological polar surface area (TPSA) is 102 Å². The van der Waals surface area contributed by atoms with E-state index in [-0.39, 0.29) is 27.0 Å². The zero-order valence-electron chi connectivity index (χ0n) is 11.5. The van der Waals surface area contributed by atoms with Crippen molar-refractivity contribution in [3.05, 3.63) is 39.5 Å². The van der Waals surface area contributed by atoms with Gasteiger partial charge in [-0.2, -0.15) is 0 Å². The number of benzene rings is 1. The van der Waals surface area contributed by atoms with Gasteiger partial charge in [0, 0.05) is 0 Å². The van der Waals surface area contributed by atoms with Gasteiger partial charge >= 0.3 is 17.9 Å². The van der Waals surface area contributed by atoms with E-state index in [0.29, 0.717) is 0 Å². The van der Waals surface area contributed by atoms with Crippen molar-refractivity contribution in [1.82, 2.24) is 0 Å². The fourth-order valence-electron chi connectivity index (χ4n) is 1.38. The number of carboxylic acid groups (broad SMARTS) is 1. The highest BCUT2D eigenvalue weighted by molar-refractivity contribution is 6.44. The Kier molecular flexibility index (Phi) is 6.21. The molecule has 0 saturated carbocycles. The molecule has 0 aromatic heterocycles. The molecule has 0 unspecified atom stereocenters. The highest BCUT2D eigenvalue weighted by Crippen LogP contribution is 2.32. The van der Waals surface area contributed by atoms with E-state index >= 15 is 0 Å². The molecular weight excluding hydrogens is 337 g/mol. The average Bonchev–Trinajstić information content (AvgIpc) is 2.49. The standard InChI is InChI=1S/C13H11Cl2NO6/c1-21-10(17)5-9(13(20)22-2)16-8-4-6(12(18)19)3-7(14)11(8)15/h3-5,16H,1-2H3,(H,18,19)/b9-5+. The summed E-state index contributed by atoms with van der Waals surface area (Å²) in [5.41, 5.74) is -0.429. The molecule has 0 atom stereocenters. The fraction of sp³-hybridized carbons (Fsp3) is 0.154. The van der Waals surface area contributed by atoms with Crippen LogP contribution in [-0.2, 0) is 19.1 Å². The smallest absolute Gasteiger partial charge is 0.354 e. The van der Waals surface area contributed by atoms with Gasteiger partial charge in [0.05, 0.1) is 41.6 Å². The fourth-order valence-corrected chi connectivity index (χ4v) is 1.76. The lowest BCUT2D eigenvalue weighted by Gasteiger charge is -2.12. The highest BCUT2D eigenvalue weighted by atomic mass is 35.5. The Balaban J connectivity index is 3.29. The summed E-state index contributed by atoms with van der Waals surface area (Å²) >= 11 is 11.8. The third-order valence-electron chi connectivity index (χ3n) is 2.41. The summed E-state index contributed by atoms with van der Waals surface area (Å²) in [6, 6.07) is 2.31. The third-order valence-corrected chi connectivity index (χ3v) is 3.22. The van der Waals surface area contributed by atoms with Gasteiger partial charge in [-0.05, 0) is 12.1 Å². The van der Waals surface area contributed by atoms with Crippen molar-refractivity contribution in [2.24, 2.45) is 0 Å². The van der Waals surface area contributed by atoms with E-state index in [4.69, 9.17) is 28.3 Å². The summed E-state index contributed by atoms with van der Waals surface area (Å²) in [6.45, 7) is 0. The number of hydrogen-bond donors (Lipinski definition) is 2. The highest BCUT2D eigenvalue weighted by Gasteiger charge is 2.17. The lowest BCUT2D eigenvalue weighted by Crippen LogP contribution is -2.16. The van der Waals surface area contributed by atoms with Gasteiger partial charge in [0.25, 0.3) is 0 Å². The summed E-state index contributed by atoms with van der Waals surface area (Å²) in [7, 11) is 2.24. The first kappa shape index (κ1) is 17.8. The maximum Gasteiger partial charge on any atom is 0.354 e. The molecule has 0 bridgehead atoms. The number of aromatic carboxylic acids is 1. The Morgan fingerprint density at radius 2 is 1.82 bits per heavy atom. The second kappa shape index (κ2) is 7.67. The first-order valence-corrected chi connectivity index (χ1v) is 6.43. The molecule has 0 fully saturated rings. The van der Waals surface area contributed by atoms with E-state index in [9.17, 15) is 14.4 Å². The van der Waals surface area contributed by atoms with Gasteiger partial charge in [0.15, 0.2) is 0 Å². The summed E-state index contributed by atoms with van der Waals surface area (Å²) in [4.78, 5) is 33.9. The second-order valence-electron chi connectivity index (χ2n) is 3.82. The number of anilines is 1. The molecule has 0 aliphatic heterocycles. The average molecular weight is 348 g/mol. The minimum atomic E-state index is -1.24. The Morgan fingerprint density at radius 3 is 2.32 bits per heavy atom. The molecule has 22 heavy (non-hydrogen) atoms. The van der Waals surface area contributed by atoms with Gasteiger partial charge in [-0.25, -0.2) is 14.4 Å². The Bertz CT molecular complexity index is 656. The molecule has 0 radical (unpaired) electrons. The number of hydrogen-bond acceptors (Lipinski definition) is 6. The van der Waals surface area contributed by atoms with E-state index in [1.807, 2.05) is 0 Å². The first-order chi connectivity index (χ1) is 10.3. The van der Waals surface area contributed by atoms with Crippen LogP contribution in [0.4, 0.5) is 5.69 Å². The van der Waals surface area contributed by atoms with Crippen LogP contribution in [0.5, 0.6) is 0 Å². The molecule has 1 aromatic carbocycles. The van der Waals surface area contributed by atoms with Gasteiger partial charge in [0.1, 0.15) is 5.70 Å². The number of carbonyl (C=O) groups excluding carboxylic acids is 2. The van der Waals surface area contributed by atoms with E-state index in [2.05, 4.69) is 14.8 Å². The number of carbonyl (C=O) groups is 3. The molecule has 0 spiro atoms. The van der Waals surface area contributed by atoms with Crippen LogP contribution in [0.25, 0.3) is 0 Å². The predicted octanol–water partition coefficient (Wildman–Crippen LogP) is 2.33. The van der Waals surface area contributed by atoms with Gasteiger partial charge in [-0.3, -0.25) is 0 Å². The molecule has 9 heteroatoms. The maximum absolute atomic E-state index is 11.6. The monoisotopic (exact) mass is 347 g/mol. The van der Waals surface area contributed by atoms with Gasteiger partial charge < -0.3 is 19.9 Å². The number of esters is 2. The quantitative estimate of drug-likeness (QED) is 0.622. The minimum Gasteiger partial charge on any atom is -0.478 e. The van der Waals surface area contributed by atoms with Crippen molar-refractivity contribution in [2.75, 3.05) is 19.5 Å². The lowest BCUT2D eigenvalue weighted by atomic mass is 10.2. The molecule has 0 amide bonds. The van der Waals surface area contributed by atoms with Gasteiger partial charge in [0.2, 0.25) is 0 Å². The van der Waals surface area contributed by atoms with Crippen molar-refractivity contribution >= 4 is 46.8 Å². The van der Waals surface area contributed by atoms with Crippen molar-refractivity contribution in [2.45, 2.75) is 0 Å². The summed E-state index contributed by atoms with van der Waals surface area (Å²) < 4.78 is 8.92. The Hall–Kier alpha value is -2.25. The van der Waals surface area contributed by atoms with Crippen LogP contribution in [0.15, 0.2) is 23.9 Å². The van der Waals surface area contributed by atoms with Crippen LogP contribution in [0.3, 0.4) is 0 Å². The summed E-state index contributed by atoms with van der Waals surface area (Å²) in [5, 5.41) is 11.4. The zero-order valence-corrected chi connectivity index (χ0v) is 13.0. The molecule has 0 aliphatic rings. The largest absolute Gasteiger partial charge is 0.478 e. The zero-order chi connectivity index (χ0) is 16.9. The predicted molar refractivity (Wildman–Crippen MR) is 79.2 cm³/mol. The van der Waals surface area contributed by atoms with Crippen LogP contribution >= 0.6 is 23.2 Å². The first-order valence-electron chi connectivity index (χ1n) is 5.67. The Labute approximate surface area is 135 Å². The number of rotatable bonds is 5. The number of halogens is 2. The maximum atomic E-state index is 11.6. The van der Waals surface area contributed by atoms with Gasteiger partial charge in [-0.15, -0.1) is 0 Å². The number of nitrogens with one attached hydrogen (secondary N) is 1. The van der Waals surface area contributed by atoms with E-state index in [0.717, 1.165) is 32.4 Å². The molecule has 2 N–H and O–H groups in total. The van der Waals surface area contributed by atoms with Crippen molar-refractivity contribution < 1.29 is 29.0 Å². The van der Waals surface area contributed by atoms with Gasteiger partial charge in [-0.1, -0.05) is 23.2 Å². The lowest BCUT2D eigenvalue weighted by molar-refractivity contribution is -0.138. The number of ether oxygens (including phenoxy) is 2. The van der Waals surface area contributed by atoms with Crippen LogP contribution in [-0.4, -0.2) is 37.2 Å². The van der Waals surface area contributed by atoms with Crippen LogP contribution in [0.2, 0.25) is 10.0 Å².